The minimum absolute atomic E-state index is 0.00841. The molecule has 0 aliphatic heterocycles. The van der Waals surface area contributed by atoms with Crippen LogP contribution < -0.4 is 9.47 Å². The summed E-state index contributed by atoms with van der Waals surface area (Å²) >= 11 is 0. The third kappa shape index (κ3) is 5.27. The average Bonchev–Trinajstić information content (AvgIpc) is 2.92. The van der Waals surface area contributed by atoms with Gasteiger partial charge in [0.2, 0.25) is 0 Å². The number of ketones is 2. The molecule has 0 aliphatic rings. The molecule has 0 N–H and O–H groups in total. The Bertz CT molecular complexity index is 1420. The van der Waals surface area contributed by atoms with Gasteiger partial charge in [0.15, 0.2) is 11.6 Å². The van der Waals surface area contributed by atoms with E-state index in [-0.39, 0.29) is 35.9 Å². The largest absolute Gasteiger partial charge is 0.496 e. The lowest BCUT2D eigenvalue weighted by molar-refractivity contribution is 0.0915. The number of ether oxygens (including phenoxy) is 2. The SMILES string of the molecule is COc1cc(C(=O)CCC(=O)c2ccc(OC)c(-c3ccc(F)c(C)c3)n2)ccc1-c1cncnc1. The van der Waals surface area contributed by atoms with Crippen molar-refractivity contribution >= 4 is 11.6 Å². The molecule has 0 fully saturated rings. The number of nitrogens with zero attached hydrogens (tertiary/aromatic N) is 3. The van der Waals surface area contributed by atoms with Gasteiger partial charge in [-0.15, -0.1) is 0 Å². The number of aromatic nitrogens is 3. The van der Waals surface area contributed by atoms with Gasteiger partial charge < -0.3 is 9.47 Å². The maximum Gasteiger partial charge on any atom is 0.181 e. The molecule has 0 atom stereocenters. The van der Waals surface area contributed by atoms with Gasteiger partial charge >= 0.3 is 0 Å². The number of halogens is 1. The second kappa shape index (κ2) is 10.9. The van der Waals surface area contributed by atoms with Crippen LogP contribution in [-0.2, 0) is 0 Å². The summed E-state index contributed by atoms with van der Waals surface area (Å²) in [4.78, 5) is 38.2. The van der Waals surface area contributed by atoms with Gasteiger partial charge in [-0.1, -0.05) is 6.07 Å². The molecule has 0 bridgehead atoms. The maximum atomic E-state index is 13.7. The number of hydrogen-bond donors (Lipinski definition) is 0. The Morgan fingerprint density at radius 2 is 1.56 bits per heavy atom. The summed E-state index contributed by atoms with van der Waals surface area (Å²) in [6.45, 7) is 1.65. The fourth-order valence-electron chi connectivity index (χ4n) is 3.81. The standard InChI is InChI=1S/C28H24FN3O4/c1-17-12-19(5-7-22(17)29)28-26(35-2)11-8-23(32-28)25(34)10-9-24(33)18-4-6-21(27(13-18)36-3)20-14-30-16-31-15-20/h4-8,11-16H,9-10H2,1-3H3. The first-order valence-electron chi connectivity index (χ1n) is 11.2. The van der Waals surface area contributed by atoms with E-state index in [2.05, 4.69) is 15.0 Å². The minimum Gasteiger partial charge on any atom is -0.496 e. The Hall–Kier alpha value is -4.46. The molecule has 7 nitrogen and oxygen atoms in total. The van der Waals surface area contributed by atoms with E-state index < -0.39 is 0 Å². The molecule has 0 amide bonds. The zero-order valence-corrected chi connectivity index (χ0v) is 20.1. The van der Waals surface area contributed by atoms with Crippen LogP contribution >= 0.6 is 0 Å². The predicted octanol–water partition coefficient (Wildman–Crippen LogP) is 5.52. The van der Waals surface area contributed by atoms with Crippen molar-refractivity contribution < 1.29 is 23.5 Å². The molecule has 0 saturated heterocycles. The van der Waals surface area contributed by atoms with Gasteiger partial charge in [0.05, 0.1) is 14.2 Å². The summed E-state index contributed by atoms with van der Waals surface area (Å²) in [7, 11) is 3.03. The normalized spacial score (nSPS) is 10.7. The zero-order chi connectivity index (χ0) is 25.7. The Labute approximate surface area is 208 Å². The summed E-state index contributed by atoms with van der Waals surface area (Å²) < 4.78 is 24.6. The van der Waals surface area contributed by atoms with E-state index in [9.17, 15) is 14.0 Å². The number of hydrogen-bond acceptors (Lipinski definition) is 7. The van der Waals surface area contributed by atoms with Gasteiger partial charge in [0.25, 0.3) is 0 Å². The van der Waals surface area contributed by atoms with E-state index in [1.807, 2.05) is 0 Å². The second-order valence-electron chi connectivity index (χ2n) is 8.10. The summed E-state index contributed by atoms with van der Waals surface area (Å²) in [5.41, 5.74) is 3.69. The Balaban J connectivity index is 1.50. The smallest absolute Gasteiger partial charge is 0.181 e. The third-order valence-electron chi connectivity index (χ3n) is 5.77. The van der Waals surface area contributed by atoms with Crippen LogP contribution in [0.15, 0.2) is 67.3 Å². The van der Waals surface area contributed by atoms with Crippen molar-refractivity contribution in [3.8, 4) is 33.9 Å². The number of carbonyl (C=O) groups is 2. The predicted molar refractivity (Wildman–Crippen MR) is 133 cm³/mol. The molecule has 4 aromatic rings. The number of rotatable bonds is 9. The van der Waals surface area contributed by atoms with Gasteiger partial charge in [0, 0.05) is 47.5 Å². The highest BCUT2D eigenvalue weighted by Gasteiger charge is 2.17. The van der Waals surface area contributed by atoms with Crippen molar-refractivity contribution in [2.45, 2.75) is 19.8 Å². The van der Waals surface area contributed by atoms with E-state index in [4.69, 9.17) is 9.47 Å². The van der Waals surface area contributed by atoms with Crippen molar-refractivity contribution in [3.05, 3.63) is 89.9 Å². The highest BCUT2D eigenvalue weighted by Crippen LogP contribution is 2.31. The molecule has 182 valence electrons. The zero-order valence-electron chi connectivity index (χ0n) is 20.1. The van der Waals surface area contributed by atoms with Crippen LogP contribution in [0.25, 0.3) is 22.4 Å². The lowest BCUT2D eigenvalue weighted by Crippen LogP contribution is -2.08. The van der Waals surface area contributed by atoms with Crippen LogP contribution in [0.4, 0.5) is 4.39 Å². The van der Waals surface area contributed by atoms with Crippen LogP contribution in [0.5, 0.6) is 11.5 Å². The molecule has 8 heteroatoms. The number of Topliss-reactive ketones (excluding diaryl/α,β-unsaturated/α-hetero) is 2. The van der Waals surface area contributed by atoms with Gasteiger partial charge in [-0.05, 0) is 55.0 Å². The molecule has 36 heavy (non-hydrogen) atoms. The van der Waals surface area contributed by atoms with Crippen LogP contribution in [0, 0.1) is 12.7 Å². The van der Waals surface area contributed by atoms with Crippen LogP contribution in [0.3, 0.4) is 0 Å². The Kier molecular flexibility index (Phi) is 7.44. The minimum atomic E-state index is -0.328. The molecule has 0 aliphatic carbocycles. The van der Waals surface area contributed by atoms with E-state index in [1.54, 1.807) is 61.8 Å². The first-order valence-corrected chi connectivity index (χ1v) is 11.2. The topological polar surface area (TPSA) is 91.3 Å². The van der Waals surface area contributed by atoms with E-state index in [0.717, 1.165) is 11.1 Å². The third-order valence-corrected chi connectivity index (χ3v) is 5.77. The number of benzene rings is 2. The molecule has 4 rings (SSSR count). The maximum absolute atomic E-state index is 13.7. The number of aryl methyl sites for hydroxylation is 1. The molecule has 0 radical (unpaired) electrons. The van der Waals surface area contributed by atoms with E-state index in [1.165, 1.54) is 26.6 Å². The molecule has 0 unspecified atom stereocenters. The quantitative estimate of drug-likeness (QED) is 0.289. The number of pyridine rings is 1. The summed E-state index contributed by atoms with van der Waals surface area (Å²) in [5.74, 6) is 0.171. The first kappa shape index (κ1) is 24.7. The second-order valence-corrected chi connectivity index (χ2v) is 8.10. The molecule has 0 saturated carbocycles. The van der Waals surface area contributed by atoms with Gasteiger partial charge in [-0.3, -0.25) is 9.59 Å². The molecule has 0 spiro atoms. The highest BCUT2D eigenvalue weighted by atomic mass is 19.1. The molecule has 2 aromatic heterocycles. The molecule has 2 aromatic carbocycles. The number of carbonyl (C=O) groups excluding carboxylic acids is 2. The van der Waals surface area contributed by atoms with Crippen molar-refractivity contribution in [1.82, 2.24) is 15.0 Å². The molecular formula is C28H24FN3O4. The average molecular weight is 486 g/mol. The van der Waals surface area contributed by atoms with Gasteiger partial charge in [-0.25, -0.2) is 19.3 Å². The lowest BCUT2D eigenvalue weighted by atomic mass is 9.99. The molecule has 2 heterocycles. The Morgan fingerprint density at radius 3 is 2.25 bits per heavy atom. The monoisotopic (exact) mass is 485 g/mol. The van der Waals surface area contributed by atoms with Crippen molar-refractivity contribution in [3.63, 3.8) is 0 Å². The molecular weight excluding hydrogens is 461 g/mol. The van der Waals surface area contributed by atoms with E-state index >= 15 is 0 Å². The first-order chi connectivity index (χ1) is 17.4. The van der Waals surface area contributed by atoms with Crippen LogP contribution in [0.2, 0.25) is 0 Å². The summed E-state index contributed by atoms with van der Waals surface area (Å²) in [6.07, 6.45) is 4.75. The van der Waals surface area contributed by atoms with E-state index in [0.29, 0.717) is 33.9 Å². The summed E-state index contributed by atoms with van der Waals surface area (Å²) in [5, 5.41) is 0. The lowest BCUT2D eigenvalue weighted by Gasteiger charge is -2.11. The Morgan fingerprint density at radius 1 is 0.833 bits per heavy atom. The van der Waals surface area contributed by atoms with Gasteiger partial charge in [-0.2, -0.15) is 0 Å². The summed E-state index contributed by atoms with van der Waals surface area (Å²) in [6, 6.07) is 12.9. The number of methoxy groups -OCH3 is 2. The fourth-order valence-corrected chi connectivity index (χ4v) is 3.81. The van der Waals surface area contributed by atoms with Crippen molar-refractivity contribution in [1.29, 1.82) is 0 Å². The van der Waals surface area contributed by atoms with Crippen LogP contribution in [-0.4, -0.2) is 40.7 Å². The highest BCUT2D eigenvalue weighted by molar-refractivity contribution is 6.02. The van der Waals surface area contributed by atoms with Crippen molar-refractivity contribution in [2.24, 2.45) is 0 Å². The van der Waals surface area contributed by atoms with Gasteiger partial charge in [0.1, 0.15) is 35.0 Å². The fraction of sp³-hybridized carbons (Fsp3) is 0.179. The van der Waals surface area contributed by atoms with Crippen molar-refractivity contribution in [2.75, 3.05) is 14.2 Å². The van der Waals surface area contributed by atoms with Crippen LogP contribution in [0.1, 0.15) is 39.3 Å².